The number of nitrogens with zero attached hydrogens (tertiary/aromatic N) is 2. The van der Waals surface area contributed by atoms with Crippen LogP contribution in [0.3, 0.4) is 0 Å². The van der Waals surface area contributed by atoms with Crippen LogP contribution in [0.1, 0.15) is 44.3 Å². The van der Waals surface area contributed by atoms with Crippen LogP contribution in [0.15, 0.2) is 10.6 Å². The molecule has 2 saturated carbocycles. The first-order valence-electron chi connectivity index (χ1n) is 9.42. The zero-order valence-electron chi connectivity index (χ0n) is 14.7. The van der Waals surface area contributed by atoms with Gasteiger partial charge in [-0.05, 0) is 32.1 Å². The summed E-state index contributed by atoms with van der Waals surface area (Å²) in [5.74, 6) is 0.791. The highest BCUT2D eigenvalue weighted by Crippen LogP contribution is 2.33. The predicted octanol–water partition coefficient (Wildman–Crippen LogP) is 1.94. The SMILES string of the molecule is O=C(NC1CC1)[C@H]1CC[C@H]2OCCN(C(=O)CCc3cc(Cl)no3)[C@@H]2C1. The fraction of sp³-hybridized carbons (Fsp3) is 0.722. The molecule has 7 nitrogen and oxygen atoms in total. The summed E-state index contributed by atoms with van der Waals surface area (Å²) in [6.07, 6.45) is 5.37. The van der Waals surface area contributed by atoms with E-state index in [4.69, 9.17) is 20.9 Å². The number of hydrogen-bond donors (Lipinski definition) is 1. The number of fused-ring (bicyclic) bond motifs is 1. The molecule has 0 spiro atoms. The van der Waals surface area contributed by atoms with E-state index >= 15 is 0 Å². The molecule has 2 heterocycles. The standard InChI is InChI=1S/C18H24ClN3O4/c19-16-10-13(26-21-16)4-6-17(23)22-7-8-25-15-5-1-11(9-14(15)22)18(24)20-12-2-3-12/h10-12,14-15H,1-9H2,(H,20,24)/t11-,14+,15+/m0/s1. The Balaban J connectivity index is 1.36. The third-order valence-corrected chi connectivity index (χ3v) is 5.73. The van der Waals surface area contributed by atoms with Crippen LogP contribution < -0.4 is 5.32 Å². The minimum atomic E-state index is -0.0260. The summed E-state index contributed by atoms with van der Waals surface area (Å²) < 4.78 is 10.9. The average Bonchev–Trinajstić information content (AvgIpc) is 3.37. The van der Waals surface area contributed by atoms with Gasteiger partial charge in [0.1, 0.15) is 5.76 Å². The van der Waals surface area contributed by atoms with E-state index in [1.54, 1.807) is 6.07 Å². The first-order valence-corrected chi connectivity index (χ1v) is 9.80. The van der Waals surface area contributed by atoms with Crippen molar-refractivity contribution < 1.29 is 18.8 Å². The summed E-state index contributed by atoms with van der Waals surface area (Å²) in [5.41, 5.74) is 0. The number of morpholine rings is 1. The predicted molar refractivity (Wildman–Crippen MR) is 93.6 cm³/mol. The van der Waals surface area contributed by atoms with Crippen molar-refractivity contribution in [1.29, 1.82) is 0 Å². The summed E-state index contributed by atoms with van der Waals surface area (Å²) in [7, 11) is 0. The van der Waals surface area contributed by atoms with E-state index in [-0.39, 0.29) is 29.9 Å². The molecule has 1 aromatic rings. The van der Waals surface area contributed by atoms with Gasteiger partial charge in [0.25, 0.3) is 0 Å². The van der Waals surface area contributed by atoms with Crippen molar-refractivity contribution in [3.8, 4) is 0 Å². The number of halogens is 1. The van der Waals surface area contributed by atoms with Crippen LogP contribution >= 0.6 is 11.6 Å². The minimum Gasteiger partial charge on any atom is -0.374 e. The lowest BCUT2D eigenvalue weighted by Crippen LogP contribution is -2.57. The highest BCUT2D eigenvalue weighted by molar-refractivity contribution is 6.29. The van der Waals surface area contributed by atoms with Crippen molar-refractivity contribution in [2.45, 2.75) is 63.1 Å². The van der Waals surface area contributed by atoms with Crippen LogP contribution in [0.2, 0.25) is 5.15 Å². The monoisotopic (exact) mass is 381 g/mol. The molecule has 2 amide bonds. The quantitative estimate of drug-likeness (QED) is 0.842. The molecule has 3 fully saturated rings. The topological polar surface area (TPSA) is 84.7 Å². The van der Waals surface area contributed by atoms with Crippen molar-refractivity contribution in [3.05, 3.63) is 17.0 Å². The molecule has 142 valence electrons. The van der Waals surface area contributed by atoms with E-state index in [1.165, 1.54) is 0 Å². The largest absolute Gasteiger partial charge is 0.374 e. The molecule has 26 heavy (non-hydrogen) atoms. The molecule has 0 unspecified atom stereocenters. The van der Waals surface area contributed by atoms with Gasteiger partial charge in [0.05, 0.1) is 18.8 Å². The maximum Gasteiger partial charge on any atom is 0.223 e. The molecule has 4 rings (SSSR count). The zero-order chi connectivity index (χ0) is 18.1. The Bertz CT molecular complexity index is 675. The summed E-state index contributed by atoms with van der Waals surface area (Å²) in [6, 6.07) is 1.99. The summed E-state index contributed by atoms with van der Waals surface area (Å²) in [6.45, 7) is 1.13. The number of rotatable bonds is 5. The van der Waals surface area contributed by atoms with Crippen LogP contribution in [-0.4, -0.2) is 53.2 Å². The zero-order valence-corrected chi connectivity index (χ0v) is 15.4. The Kier molecular flexibility index (Phi) is 5.18. The second-order valence-corrected chi connectivity index (χ2v) is 7.86. The van der Waals surface area contributed by atoms with E-state index in [9.17, 15) is 9.59 Å². The maximum absolute atomic E-state index is 12.8. The number of nitrogens with one attached hydrogen (secondary N) is 1. The Labute approximate surface area is 157 Å². The lowest BCUT2D eigenvalue weighted by atomic mass is 9.81. The molecule has 3 atom stereocenters. The lowest BCUT2D eigenvalue weighted by Gasteiger charge is -2.45. The van der Waals surface area contributed by atoms with E-state index in [0.29, 0.717) is 49.4 Å². The van der Waals surface area contributed by atoms with E-state index in [2.05, 4.69) is 10.5 Å². The molecule has 2 aliphatic carbocycles. The molecule has 0 radical (unpaired) electrons. The molecular weight excluding hydrogens is 358 g/mol. The van der Waals surface area contributed by atoms with E-state index in [0.717, 1.165) is 25.7 Å². The Morgan fingerprint density at radius 3 is 2.88 bits per heavy atom. The number of carbonyl (C=O) groups excluding carboxylic acids is 2. The summed E-state index contributed by atoms with van der Waals surface area (Å²) in [5, 5.41) is 7.03. The fourth-order valence-corrected chi connectivity index (χ4v) is 4.14. The van der Waals surface area contributed by atoms with Crippen molar-refractivity contribution in [1.82, 2.24) is 15.4 Å². The van der Waals surface area contributed by atoms with Crippen LogP contribution in [0.5, 0.6) is 0 Å². The molecule has 3 aliphatic rings. The molecule has 8 heteroatoms. The summed E-state index contributed by atoms with van der Waals surface area (Å²) in [4.78, 5) is 27.1. The highest BCUT2D eigenvalue weighted by atomic mass is 35.5. The van der Waals surface area contributed by atoms with Gasteiger partial charge in [-0.15, -0.1) is 0 Å². The van der Waals surface area contributed by atoms with Crippen LogP contribution in [-0.2, 0) is 20.7 Å². The Morgan fingerprint density at radius 1 is 1.31 bits per heavy atom. The van der Waals surface area contributed by atoms with Crippen LogP contribution in [0, 0.1) is 5.92 Å². The first-order chi connectivity index (χ1) is 12.6. The van der Waals surface area contributed by atoms with Crippen molar-refractivity contribution in [2.24, 2.45) is 5.92 Å². The van der Waals surface area contributed by atoms with Crippen molar-refractivity contribution in [2.75, 3.05) is 13.2 Å². The minimum absolute atomic E-state index is 0.0155. The second kappa shape index (κ2) is 7.56. The Hall–Kier alpha value is -1.60. The third kappa shape index (κ3) is 4.04. The molecule has 0 aromatic carbocycles. The van der Waals surface area contributed by atoms with Gasteiger partial charge in [-0.25, -0.2) is 0 Å². The van der Waals surface area contributed by atoms with Gasteiger partial charge in [-0.3, -0.25) is 9.59 Å². The molecule has 1 aliphatic heterocycles. The number of ether oxygens (including phenoxy) is 1. The van der Waals surface area contributed by atoms with Crippen molar-refractivity contribution >= 4 is 23.4 Å². The normalized spacial score (nSPS) is 28.5. The third-order valence-electron chi connectivity index (χ3n) is 5.55. The van der Waals surface area contributed by atoms with Gasteiger partial charge in [0.2, 0.25) is 11.8 Å². The molecule has 0 bridgehead atoms. The number of amides is 2. The van der Waals surface area contributed by atoms with Gasteiger partial charge < -0.3 is 19.5 Å². The number of aromatic nitrogens is 1. The lowest BCUT2D eigenvalue weighted by molar-refractivity contribution is -0.154. The van der Waals surface area contributed by atoms with Gasteiger partial charge in [-0.2, -0.15) is 0 Å². The average molecular weight is 382 g/mol. The van der Waals surface area contributed by atoms with Gasteiger partial charge in [-0.1, -0.05) is 16.8 Å². The summed E-state index contributed by atoms with van der Waals surface area (Å²) >= 11 is 5.75. The smallest absolute Gasteiger partial charge is 0.223 e. The second-order valence-electron chi connectivity index (χ2n) is 7.47. The Morgan fingerprint density at radius 2 is 2.15 bits per heavy atom. The van der Waals surface area contributed by atoms with Crippen molar-refractivity contribution in [3.63, 3.8) is 0 Å². The molecular formula is C18H24ClN3O4. The molecule has 1 aromatic heterocycles. The number of carbonyl (C=O) groups is 2. The van der Waals surface area contributed by atoms with Gasteiger partial charge in [0.15, 0.2) is 5.15 Å². The highest BCUT2D eigenvalue weighted by Gasteiger charge is 2.42. The first kappa shape index (κ1) is 17.8. The number of aryl methyl sites for hydroxylation is 1. The molecule has 1 saturated heterocycles. The molecule has 1 N–H and O–H groups in total. The van der Waals surface area contributed by atoms with Crippen LogP contribution in [0.4, 0.5) is 0 Å². The van der Waals surface area contributed by atoms with E-state index < -0.39 is 0 Å². The maximum atomic E-state index is 12.8. The van der Waals surface area contributed by atoms with E-state index in [1.807, 2.05) is 4.90 Å². The number of hydrogen-bond acceptors (Lipinski definition) is 5. The van der Waals surface area contributed by atoms with Gasteiger partial charge >= 0.3 is 0 Å². The fourth-order valence-electron chi connectivity index (χ4n) is 3.98. The van der Waals surface area contributed by atoms with Gasteiger partial charge in [0, 0.05) is 37.4 Å². The van der Waals surface area contributed by atoms with Crippen LogP contribution in [0.25, 0.3) is 0 Å².